The van der Waals surface area contributed by atoms with Gasteiger partial charge < -0.3 is 5.73 Å². The van der Waals surface area contributed by atoms with Crippen LogP contribution < -0.4 is 5.73 Å². The van der Waals surface area contributed by atoms with E-state index >= 15 is 0 Å². The molecular formula is C12H18FN. The van der Waals surface area contributed by atoms with Gasteiger partial charge in [0.1, 0.15) is 5.82 Å². The molecule has 1 atom stereocenters. The van der Waals surface area contributed by atoms with E-state index in [2.05, 4.69) is 20.8 Å². The minimum absolute atomic E-state index is 0.00424. The fourth-order valence-corrected chi connectivity index (χ4v) is 1.36. The van der Waals surface area contributed by atoms with E-state index in [9.17, 15) is 4.39 Å². The molecule has 1 nitrogen and oxygen atoms in total. The summed E-state index contributed by atoms with van der Waals surface area (Å²) in [4.78, 5) is 0. The molecule has 0 radical (unpaired) electrons. The van der Waals surface area contributed by atoms with Gasteiger partial charge in [-0.2, -0.15) is 0 Å². The van der Waals surface area contributed by atoms with Gasteiger partial charge in [0, 0.05) is 6.04 Å². The fraction of sp³-hybridized carbons (Fsp3) is 0.500. The van der Waals surface area contributed by atoms with Crippen LogP contribution in [0.3, 0.4) is 0 Å². The summed E-state index contributed by atoms with van der Waals surface area (Å²) in [5.74, 6) is -0.171. The third-order valence-corrected chi connectivity index (χ3v) is 2.47. The second-order valence-corrected chi connectivity index (χ2v) is 4.85. The molecule has 1 aromatic carbocycles. The zero-order valence-electron chi connectivity index (χ0n) is 9.26. The number of hydrogen-bond donors (Lipinski definition) is 1. The van der Waals surface area contributed by atoms with Gasteiger partial charge >= 0.3 is 0 Å². The lowest BCUT2D eigenvalue weighted by Gasteiger charge is -2.27. The summed E-state index contributed by atoms with van der Waals surface area (Å²) in [6.07, 6.45) is 0. The fourth-order valence-electron chi connectivity index (χ4n) is 1.36. The predicted molar refractivity (Wildman–Crippen MR) is 57.5 cm³/mol. The SMILES string of the molecule is Cc1cc([C@H](N)C(C)(C)C)ccc1F. The minimum Gasteiger partial charge on any atom is -0.324 e. The Hall–Kier alpha value is -0.890. The Morgan fingerprint density at radius 2 is 1.86 bits per heavy atom. The molecule has 0 aliphatic heterocycles. The topological polar surface area (TPSA) is 26.0 Å². The largest absolute Gasteiger partial charge is 0.324 e. The number of halogens is 1. The smallest absolute Gasteiger partial charge is 0.126 e. The van der Waals surface area contributed by atoms with Crippen molar-refractivity contribution >= 4 is 0 Å². The average Bonchev–Trinajstić information content (AvgIpc) is 2.07. The second kappa shape index (κ2) is 3.70. The van der Waals surface area contributed by atoms with Crippen molar-refractivity contribution in [2.75, 3.05) is 0 Å². The van der Waals surface area contributed by atoms with Gasteiger partial charge in [0.05, 0.1) is 0 Å². The van der Waals surface area contributed by atoms with Gasteiger partial charge in [0.15, 0.2) is 0 Å². The van der Waals surface area contributed by atoms with Crippen LogP contribution in [0.1, 0.15) is 37.9 Å². The Bertz CT molecular complexity index is 326. The molecule has 2 N–H and O–H groups in total. The van der Waals surface area contributed by atoms with Crippen LogP contribution in [0.5, 0.6) is 0 Å². The lowest BCUT2D eigenvalue weighted by molar-refractivity contribution is 0.326. The van der Waals surface area contributed by atoms with E-state index in [4.69, 9.17) is 5.73 Å². The molecule has 1 rings (SSSR count). The summed E-state index contributed by atoms with van der Waals surface area (Å²) >= 11 is 0. The average molecular weight is 195 g/mol. The van der Waals surface area contributed by atoms with Crippen LogP contribution in [0.15, 0.2) is 18.2 Å². The zero-order chi connectivity index (χ0) is 10.9. The van der Waals surface area contributed by atoms with E-state index in [-0.39, 0.29) is 17.3 Å². The van der Waals surface area contributed by atoms with Crippen LogP contribution in [0.2, 0.25) is 0 Å². The van der Waals surface area contributed by atoms with Crippen LogP contribution in [0.4, 0.5) is 4.39 Å². The molecule has 0 amide bonds. The minimum atomic E-state index is -0.171. The zero-order valence-corrected chi connectivity index (χ0v) is 9.26. The van der Waals surface area contributed by atoms with Gasteiger partial charge in [-0.15, -0.1) is 0 Å². The third kappa shape index (κ3) is 2.32. The van der Waals surface area contributed by atoms with Gasteiger partial charge in [0.2, 0.25) is 0 Å². The van der Waals surface area contributed by atoms with Crippen molar-refractivity contribution in [2.24, 2.45) is 11.1 Å². The summed E-state index contributed by atoms with van der Waals surface area (Å²) in [5, 5.41) is 0. The molecule has 0 unspecified atom stereocenters. The van der Waals surface area contributed by atoms with Crippen LogP contribution in [0, 0.1) is 18.2 Å². The lowest BCUT2D eigenvalue weighted by Crippen LogP contribution is -2.26. The third-order valence-electron chi connectivity index (χ3n) is 2.47. The molecule has 2 heteroatoms. The van der Waals surface area contributed by atoms with E-state index in [0.717, 1.165) is 5.56 Å². The highest BCUT2D eigenvalue weighted by Crippen LogP contribution is 2.30. The van der Waals surface area contributed by atoms with Gasteiger partial charge in [-0.3, -0.25) is 0 Å². The number of rotatable bonds is 1. The first-order valence-corrected chi connectivity index (χ1v) is 4.84. The molecule has 0 aliphatic carbocycles. The molecular weight excluding hydrogens is 177 g/mol. The van der Waals surface area contributed by atoms with Crippen LogP contribution in [-0.4, -0.2) is 0 Å². The van der Waals surface area contributed by atoms with E-state index in [1.54, 1.807) is 13.0 Å². The van der Waals surface area contributed by atoms with Crippen LogP contribution in [0.25, 0.3) is 0 Å². The highest BCUT2D eigenvalue weighted by Gasteiger charge is 2.22. The highest BCUT2D eigenvalue weighted by atomic mass is 19.1. The van der Waals surface area contributed by atoms with Crippen molar-refractivity contribution in [3.8, 4) is 0 Å². The molecule has 0 spiro atoms. The summed E-state index contributed by atoms with van der Waals surface area (Å²) in [6, 6.07) is 5.02. The number of aryl methyl sites for hydroxylation is 1. The summed E-state index contributed by atoms with van der Waals surface area (Å²) in [6.45, 7) is 8.00. The molecule has 0 saturated carbocycles. The van der Waals surface area contributed by atoms with Crippen molar-refractivity contribution in [1.29, 1.82) is 0 Å². The van der Waals surface area contributed by atoms with Gasteiger partial charge in [-0.05, 0) is 29.5 Å². The van der Waals surface area contributed by atoms with Crippen LogP contribution >= 0.6 is 0 Å². The Morgan fingerprint density at radius 3 is 2.29 bits per heavy atom. The van der Waals surface area contributed by atoms with Crippen molar-refractivity contribution in [3.63, 3.8) is 0 Å². The van der Waals surface area contributed by atoms with Gasteiger partial charge in [0.25, 0.3) is 0 Å². The monoisotopic (exact) mass is 195 g/mol. The van der Waals surface area contributed by atoms with Crippen molar-refractivity contribution in [2.45, 2.75) is 33.7 Å². The molecule has 14 heavy (non-hydrogen) atoms. The van der Waals surface area contributed by atoms with Gasteiger partial charge in [-0.1, -0.05) is 32.9 Å². The standard InChI is InChI=1S/C12H18FN/c1-8-7-9(5-6-10(8)13)11(14)12(2,3)4/h5-7,11H,14H2,1-4H3/t11-/m0/s1. The Balaban J connectivity index is 3.03. The Labute approximate surface area is 85.1 Å². The quantitative estimate of drug-likeness (QED) is 0.731. The first-order chi connectivity index (χ1) is 6.32. The Kier molecular flexibility index (Phi) is 2.95. The normalized spacial score (nSPS) is 14.1. The maximum Gasteiger partial charge on any atom is 0.126 e. The van der Waals surface area contributed by atoms with Crippen LogP contribution in [-0.2, 0) is 0 Å². The molecule has 0 bridgehead atoms. The second-order valence-electron chi connectivity index (χ2n) is 4.85. The summed E-state index contributed by atoms with van der Waals surface area (Å²) in [5.41, 5.74) is 7.72. The molecule has 0 aromatic heterocycles. The number of nitrogens with two attached hydrogens (primary N) is 1. The maximum absolute atomic E-state index is 13.0. The van der Waals surface area contributed by atoms with E-state index in [1.165, 1.54) is 6.07 Å². The molecule has 0 fully saturated rings. The molecule has 1 aromatic rings. The van der Waals surface area contributed by atoms with Crippen molar-refractivity contribution in [3.05, 3.63) is 35.1 Å². The molecule has 0 saturated heterocycles. The van der Waals surface area contributed by atoms with Gasteiger partial charge in [-0.25, -0.2) is 4.39 Å². The highest BCUT2D eigenvalue weighted by molar-refractivity contribution is 5.27. The lowest BCUT2D eigenvalue weighted by atomic mass is 9.83. The maximum atomic E-state index is 13.0. The van der Waals surface area contributed by atoms with E-state index in [1.807, 2.05) is 6.07 Å². The summed E-state index contributed by atoms with van der Waals surface area (Å²) in [7, 11) is 0. The number of hydrogen-bond acceptors (Lipinski definition) is 1. The number of benzene rings is 1. The van der Waals surface area contributed by atoms with Crippen molar-refractivity contribution in [1.82, 2.24) is 0 Å². The Morgan fingerprint density at radius 1 is 1.29 bits per heavy atom. The van der Waals surface area contributed by atoms with E-state index < -0.39 is 0 Å². The predicted octanol–water partition coefficient (Wildman–Crippen LogP) is 3.18. The molecule has 0 heterocycles. The molecule has 78 valence electrons. The first kappa shape index (κ1) is 11.2. The first-order valence-electron chi connectivity index (χ1n) is 4.84. The summed E-state index contributed by atoms with van der Waals surface area (Å²) < 4.78 is 13.0. The van der Waals surface area contributed by atoms with Crippen molar-refractivity contribution < 1.29 is 4.39 Å². The molecule has 0 aliphatic rings. The van der Waals surface area contributed by atoms with E-state index in [0.29, 0.717) is 5.56 Å².